The molecule has 2 unspecified atom stereocenters. The van der Waals surface area contributed by atoms with Crippen LogP contribution in [0, 0.1) is 5.92 Å². The molecule has 5 aliphatic rings. The molecule has 0 saturated carbocycles. The van der Waals surface area contributed by atoms with Crippen LogP contribution in [0.25, 0.3) is 0 Å². The summed E-state index contributed by atoms with van der Waals surface area (Å²) in [6.45, 7) is 17.7. The molecule has 0 aliphatic carbocycles. The van der Waals surface area contributed by atoms with Gasteiger partial charge in [-0.25, -0.2) is 0 Å². The van der Waals surface area contributed by atoms with E-state index in [9.17, 15) is 0 Å². The summed E-state index contributed by atoms with van der Waals surface area (Å²) < 4.78 is 0. The first-order valence-corrected chi connectivity index (χ1v) is 11.2. The normalized spacial score (nSPS) is 33.0. The van der Waals surface area contributed by atoms with Gasteiger partial charge in [-0.2, -0.15) is 0 Å². The third-order valence-electron chi connectivity index (χ3n) is 6.55. The van der Waals surface area contributed by atoms with E-state index < -0.39 is 0 Å². The van der Waals surface area contributed by atoms with Crippen molar-refractivity contribution in [3.63, 3.8) is 0 Å². The Balaban J connectivity index is 0.000000144. The van der Waals surface area contributed by atoms with Crippen LogP contribution in [0.4, 0.5) is 0 Å². The Morgan fingerprint density at radius 1 is 0.808 bits per heavy atom. The Kier molecular flexibility index (Phi) is 8.62. The molecule has 5 saturated heterocycles. The monoisotopic (exact) mass is 366 g/mol. The summed E-state index contributed by atoms with van der Waals surface area (Å²) in [4.78, 5) is 5.31. The van der Waals surface area contributed by atoms with Crippen molar-refractivity contribution in [1.82, 2.24) is 31.1 Å². The lowest BCUT2D eigenvalue weighted by Crippen LogP contribution is -2.61. The second kappa shape index (κ2) is 10.9. The van der Waals surface area contributed by atoms with Crippen molar-refractivity contribution < 1.29 is 0 Å². The minimum absolute atomic E-state index is 0.821. The minimum Gasteiger partial charge on any atom is -0.317 e. The van der Waals surface area contributed by atoms with Gasteiger partial charge in [-0.3, -0.25) is 9.80 Å². The van der Waals surface area contributed by atoms with Crippen LogP contribution >= 0.6 is 0 Å². The molecule has 0 radical (unpaired) electrons. The van der Waals surface area contributed by atoms with Gasteiger partial charge in [0.15, 0.2) is 0 Å². The third-order valence-corrected chi connectivity index (χ3v) is 6.55. The highest BCUT2D eigenvalue weighted by molar-refractivity contribution is 4.97. The fraction of sp³-hybridized carbons (Fsp3) is 1.00. The largest absolute Gasteiger partial charge is 0.317 e. The average Bonchev–Trinajstić information content (AvgIpc) is 3.27. The molecule has 0 aromatic heterocycles. The maximum absolute atomic E-state index is 3.57. The van der Waals surface area contributed by atoms with Crippen LogP contribution in [0.5, 0.6) is 0 Å². The highest BCUT2D eigenvalue weighted by Crippen LogP contribution is 2.25. The summed E-state index contributed by atoms with van der Waals surface area (Å²) in [5.41, 5.74) is 0. The molecule has 5 rings (SSSR count). The first-order chi connectivity index (χ1) is 12.9. The molecule has 5 fully saturated rings. The Labute approximate surface area is 160 Å². The van der Waals surface area contributed by atoms with Gasteiger partial charge >= 0.3 is 0 Å². The van der Waals surface area contributed by atoms with Gasteiger partial charge in [-0.15, -0.1) is 0 Å². The van der Waals surface area contributed by atoms with Gasteiger partial charge in [0.25, 0.3) is 0 Å². The van der Waals surface area contributed by atoms with E-state index in [0.29, 0.717) is 0 Å². The van der Waals surface area contributed by atoms with E-state index in [2.05, 4.69) is 31.1 Å². The summed E-state index contributed by atoms with van der Waals surface area (Å²) in [6.07, 6.45) is 4.19. The van der Waals surface area contributed by atoms with Crippen LogP contribution in [0.1, 0.15) is 33.1 Å². The first-order valence-electron chi connectivity index (χ1n) is 11.2. The summed E-state index contributed by atoms with van der Waals surface area (Å²) in [7, 11) is 0. The van der Waals surface area contributed by atoms with E-state index in [1.54, 1.807) is 0 Å². The molecule has 2 bridgehead atoms. The lowest BCUT2D eigenvalue weighted by molar-refractivity contribution is 0.129. The zero-order valence-corrected chi connectivity index (χ0v) is 17.1. The smallest absolute Gasteiger partial charge is 0.0346 e. The van der Waals surface area contributed by atoms with Gasteiger partial charge in [0.1, 0.15) is 0 Å². The van der Waals surface area contributed by atoms with Gasteiger partial charge in [0.2, 0.25) is 0 Å². The number of nitrogens with zero attached hydrogens (tertiary/aromatic N) is 2. The lowest BCUT2D eigenvalue weighted by atomic mass is 9.97. The molecular weight excluding hydrogens is 324 g/mol. The molecule has 0 aromatic carbocycles. The molecule has 5 heterocycles. The molecule has 2 atom stereocenters. The number of likely N-dealkylation sites (tertiary alicyclic amines) is 1. The van der Waals surface area contributed by atoms with Crippen molar-refractivity contribution in [2.45, 2.75) is 51.2 Å². The van der Waals surface area contributed by atoms with Crippen LogP contribution in [-0.4, -0.2) is 99.9 Å². The number of rotatable bonds is 3. The Morgan fingerprint density at radius 3 is 2.04 bits per heavy atom. The van der Waals surface area contributed by atoms with Crippen molar-refractivity contribution in [1.29, 1.82) is 0 Å². The molecule has 5 aliphatic heterocycles. The molecule has 0 spiro atoms. The molecule has 4 N–H and O–H groups in total. The topological polar surface area (TPSA) is 54.6 Å². The number of hydrogen-bond acceptors (Lipinski definition) is 6. The fourth-order valence-corrected chi connectivity index (χ4v) is 4.85. The number of nitrogens with one attached hydrogen (secondary N) is 4. The van der Waals surface area contributed by atoms with E-state index in [4.69, 9.17) is 0 Å². The van der Waals surface area contributed by atoms with Crippen LogP contribution in [-0.2, 0) is 0 Å². The van der Waals surface area contributed by atoms with Gasteiger partial charge < -0.3 is 21.3 Å². The van der Waals surface area contributed by atoms with E-state index in [1.165, 1.54) is 91.3 Å². The Bertz CT molecular complexity index is 376. The summed E-state index contributed by atoms with van der Waals surface area (Å²) in [6, 6.07) is 2.54. The van der Waals surface area contributed by atoms with E-state index in [0.717, 1.165) is 24.0 Å². The number of piperidine rings is 1. The Morgan fingerprint density at radius 2 is 1.50 bits per heavy atom. The quantitative estimate of drug-likeness (QED) is 0.561. The van der Waals surface area contributed by atoms with Gasteiger partial charge in [0, 0.05) is 77.0 Å². The lowest BCUT2D eigenvalue weighted by Gasteiger charge is -2.40. The molecule has 0 aromatic rings. The van der Waals surface area contributed by atoms with Crippen molar-refractivity contribution >= 4 is 0 Å². The predicted octanol–water partition coefficient (Wildman–Crippen LogP) is -0.0783. The zero-order valence-electron chi connectivity index (χ0n) is 17.1. The SMILES string of the molecule is C1CC(CN2CC3CC2CN3)CCN1.C1CN(C2CNC2)CCN1.CC. The third kappa shape index (κ3) is 5.63. The highest BCUT2D eigenvalue weighted by atomic mass is 15.3. The average molecular weight is 367 g/mol. The van der Waals surface area contributed by atoms with E-state index >= 15 is 0 Å². The summed E-state index contributed by atoms with van der Waals surface area (Å²) in [5, 5.41) is 13.7. The van der Waals surface area contributed by atoms with Gasteiger partial charge in [-0.1, -0.05) is 13.8 Å². The second-order valence-electron chi connectivity index (χ2n) is 8.24. The Hall–Kier alpha value is -0.240. The second-order valence-corrected chi connectivity index (χ2v) is 8.24. The molecule has 152 valence electrons. The molecular formula is C20H42N6. The standard InChI is InChI=1S/C11H21N3.C7H15N3.C2H6/c1-3-12-4-2-9(1)7-14-8-10-5-11(14)6-13-10;1-3-10(4-2-8-1)7-5-9-6-7;1-2/h9-13H,1-8H2;7-9H,1-6H2;1-2H3. The van der Waals surface area contributed by atoms with Crippen molar-refractivity contribution in [3.05, 3.63) is 0 Å². The van der Waals surface area contributed by atoms with Crippen molar-refractivity contribution in [2.75, 3.05) is 72.0 Å². The highest BCUT2D eigenvalue weighted by Gasteiger charge is 2.38. The number of piperazine rings is 2. The first kappa shape index (κ1) is 20.5. The number of fused-ring (bicyclic) bond motifs is 2. The summed E-state index contributed by atoms with van der Waals surface area (Å²) >= 11 is 0. The van der Waals surface area contributed by atoms with Crippen LogP contribution in [0.3, 0.4) is 0 Å². The van der Waals surface area contributed by atoms with Gasteiger partial charge in [-0.05, 0) is 38.3 Å². The van der Waals surface area contributed by atoms with Crippen molar-refractivity contribution in [3.8, 4) is 0 Å². The minimum atomic E-state index is 0.821. The van der Waals surface area contributed by atoms with Gasteiger partial charge in [0.05, 0.1) is 0 Å². The van der Waals surface area contributed by atoms with Crippen molar-refractivity contribution in [2.24, 2.45) is 5.92 Å². The summed E-state index contributed by atoms with van der Waals surface area (Å²) in [5.74, 6) is 0.968. The number of hydrogen-bond donors (Lipinski definition) is 4. The van der Waals surface area contributed by atoms with Crippen LogP contribution < -0.4 is 21.3 Å². The fourth-order valence-electron chi connectivity index (χ4n) is 4.85. The van der Waals surface area contributed by atoms with E-state index in [1.807, 2.05) is 13.8 Å². The predicted molar refractivity (Wildman–Crippen MR) is 110 cm³/mol. The molecule has 0 amide bonds. The molecule has 26 heavy (non-hydrogen) atoms. The molecule has 6 nitrogen and oxygen atoms in total. The maximum Gasteiger partial charge on any atom is 0.0346 e. The van der Waals surface area contributed by atoms with Crippen LogP contribution in [0.15, 0.2) is 0 Å². The maximum atomic E-state index is 3.57. The van der Waals surface area contributed by atoms with E-state index in [-0.39, 0.29) is 0 Å². The molecule has 6 heteroatoms. The zero-order chi connectivity index (χ0) is 18.2. The van der Waals surface area contributed by atoms with Crippen LogP contribution in [0.2, 0.25) is 0 Å².